The number of hydrogen-bond donors (Lipinski definition) is 13. The summed E-state index contributed by atoms with van der Waals surface area (Å²) in [7, 11) is 0. The highest BCUT2D eigenvalue weighted by Crippen LogP contribution is 2.44. The average Bonchev–Trinajstić information content (AvgIpc) is 1.62. The second-order valence-electron chi connectivity index (χ2n) is 29.7. The molecule has 0 aliphatic heterocycles. The number of alkyl carbamates (subject to hydrolysis) is 1. The molecular formula is C75H126N12O12. The number of fused-ring (bicyclic) bond motifs is 3. The molecule has 24 heteroatoms. The number of carbonyl (C=O) groups is 10. The van der Waals surface area contributed by atoms with Crippen molar-refractivity contribution in [2.75, 3.05) is 26.2 Å². The molecule has 0 heterocycles. The van der Waals surface area contributed by atoms with Crippen LogP contribution in [0.15, 0.2) is 48.5 Å². The molecule has 0 fully saturated rings. The summed E-state index contributed by atoms with van der Waals surface area (Å²) in [5, 5.41) is 36.4. The summed E-state index contributed by atoms with van der Waals surface area (Å²) < 4.78 is 5.82. The Bertz CT molecular complexity index is 2790. The highest BCUT2D eigenvalue weighted by molar-refractivity contribution is 5.85. The van der Waals surface area contributed by atoms with Crippen LogP contribution in [0.1, 0.15) is 235 Å². The summed E-state index contributed by atoms with van der Waals surface area (Å²) in [5.74, 6) is -4.20. The third-order valence-corrected chi connectivity index (χ3v) is 18.0. The van der Waals surface area contributed by atoms with Gasteiger partial charge in [0.2, 0.25) is 47.3 Å². The van der Waals surface area contributed by atoms with Crippen molar-refractivity contribution in [3.05, 3.63) is 59.7 Å². The number of rotatable bonds is 50. The SMILES string of the molecule is CC(C)C[C@@H](CC(=O)O)NC(=O)C[C@H](CCCCN)NC(=O)C[C@@H](NC(=O)C[C@H](CC(C)C)NC(=O)C[C@H](CCCCN)NC(=O)C[C@@H](NC(=O)C[C@H](CC(C)C)NC(=O)C[C@H](CCCCN)NC(=O)C[C@@H](NC(=O)OCC1c2ccccc2-c2ccccc21)C(C)C)C(C)C)C(C)C. The van der Waals surface area contributed by atoms with Crippen LogP contribution in [0.3, 0.4) is 0 Å². The number of carboxylic acid groups (broad SMARTS) is 1. The van der Waals surface area contributed by atoms with Gasteiger partial charge in [0.15, 0.2) is 0 Å². The van der Waals surface area contributed by atoms with Gasteiger partial charge in [0.1, 0.15) is 6.61 Å². The summed E-state index contributed by atoms with van der Waals surface area (Å²) in [6, 6.07) is 11.0. The molecule has 16 N–H and O–H groups in total. The molecule has 0 unspecified atom stereocenters. The van der Waals surface area contributed by atoms with Gasteiger partial charge in [-0.15, -0.1) is 0 Å². The number of nitrogens with two attached hydrogens (primary N) is 3. The highest BCUT2D eigenvalue weighted by atomic mass is 16.5. The molecule has 0 bridgehead atoms. The first kappa shape index (κ1) is 86.0. The van der Waals surface area contributed by atoms with Crippen LogP contribution in [-0.2, 0) is 47.9 Å². The van der Waals surface area contributed by atoms with Gasteiger partial charge in [0.25, 0.3) is 0 Å². The Morgan fingerprint density at radius 2 is 0.636 bits per heavy atom. The van der Waals surface area contributed by atoms with Gasteiger partial charge in [-0.05, 0) is 135 Å². The summed E-state index contributed by atoms with van der Waals surface area (Å²) in [6.45, 7) is 24.6. The van der Waals surface area contributed by atoms with E-state index in [2.05, 4.69) is 60.0 Å². The molecule has 0 saturated carbocycles. The van der Waals surface area contributed by atoms with Crippen LogP contribution in [0, 0.1) is 35.5 Å². The Morgan fingerprint density at radius 3 is 0.939 bits per heavy atom. The van der Waals surface area contributed by atoms with Crippen LogP contribution >= 0.6 is 0 Å². The second-order valence-corrected chi connectivity index (χ2v) is 29.7. The minimum absolute atomic E-state index is 0.0493. The third kappa shape index (κ3) is 35.1. The zero-order chi connectivity index (χ0) is 73.7. The van der Waals surface area contributed by atoms with E-state index < -0.39 is 66.4 Å². The van der Waals surface area contributed by atoms with Crippen molar-refractivity contribution in [1.82, 2.24) is 47.9 Å². The van der Waals surface area contributed by atoms with Crippen molar-refractivity contribution in [2.24, 2.45) is 52.7 Å². The molecule has 24 nitrogen and oxygen atoms in total. The van der Waals surface area contributed by atoms with E-state index in [4.69, 9.17) is 21.9 Å². The largest absolute Gasteiger partial charge is 0.481 e. The Balaban J connectivity index is 1.63. The lowest BCUT2D eigenvalue weighted by atomic mass is 9.96. The number of ether oxygens (including phenoxy) is 1. The van der Waals surface area contributed by atoms with Crippen LogP contribution in [0.5, 0.6) is 0 Å². The summed E-state index contributed by atoms with van der Waals surface area (Å²) >= 11 is 0. The van der Waals surface area contributed by atoms with Crippen LogP contribution in [0.4, 0.5) is 4.79 Å². The van der Waals surface area contributed by atoms with Gasteiger partial charge in [-0.2, -0.15) is 0 Å². The van der Waals surface area contributed by atoms with Crippen LogP contribution in [0.2, 0.25) is 0 Å². The summed E-state index contributed by atoms with van der Waals surface area (Å²) in [5.41, 5.74) is 21.9. The summed E-state index contributed by atoms with van der Waals surface area (Å²) in [4.78, 5) is 135. The molecule has 1 aliphatic carbocycles. The normalized spacial score (nSPS) is 14.8. The Hall–Kier alpha value is -7.18. The van der Waals surface area contributed by atoms with E-state index in [0.29, 0.717) is 96.7 Å². The van der Waals surface area contributed by atoms with Gasteiger partial charge in [0, 0.05) is 112 Å². The lowest BCUT2D eigenvalue weighted by Crippen LogP contribution is -2.49. The molecule has 558 valence electrons. The third-order valence-electron chi connectivity index (χ3n) is 18.0. The van der Waals surface area contributed by atoms with Crippen molar-refractivity contribution in [3.8, 4) is 11.1 Å². The quantitative estimate of drug-likeness (QED) is 0.0280. The minimum Gasteiger partial charge on any atom is -0.481 e. The van der Waals surface area contributed by atoms with E-state index in [1.165, 1.54) is 0 Å². The lowest BCUT2D eigenvalue weighted by molar-refractivity contribution is -0.138. The van der Waals surface area contributed by atoms with Gasteiger partial charge in [-0.1, -0.05) is 151 Å². The fourth-order valence-corrected chi connectivity index (χ4v) is 12.9. The molecule has 3 rings (SSSR count). The molecular weight excluding hydrogens is 1260 g/mol. The number of hydrogen-bond acceptors (Lipinski definition) is 14. The van der Waals surface area contributed by atoms with E-state index in [1.54, 1.807) is 0 Å². The molecule has 2 aromatic rings. The summed E-state index contributed by atoms with van der Waals surface area (Å²) in [6.07, 6.45) is 5.35. The van der Waals surface area contributed by atoms with E-state index in [1.807, 2.05) is 119 Å². The number of carbonyl (C=O) groups excluding carboxylic acids is 9. The monoisotopic (exact) mass is 1390 g/mol. The van der Waals surface area contributed by atoms with Crippen molar-refractivity contribution in [3.63, 3.8) is 0 Å². The smallest absolute Gasteiger partial charge is 0.407 e. The topological polar surface area (TPSA) is 386 Å². The number of aliphatic carboxylic acids is 1. The van der Waals surface area contributed by atoms with E-state index in [9.17, 15) is 53.1 Å². The van der Waals surface area contributed by atoms with Crippen molar-refractivity contribution in [1.29, 1.82) is 0 Å². The number of carboxylic acids is 1. The van der Waals surface area contributed by atoms with E-state index in [-0.39, 0.29) is 153 Å². The maximum Gasteiger partial charge on any atom is 0.407 e. The van der Waals surface area contributed by atoms with Crippen LogP contribution in [0.25, 0.3) is 11.1 Å². The van der Waals surface area contributed by atoms with Gasteiger partial charge in [-0.25, -0.2) is 4.79 Å². The first-order valence-corrected chi connectivity index (χ1v) is 36.7. The number of nitrogens with one attached hydrogen (secondary N) is 9. The zero-order valence-electron chi connectivity index (χ0n) is 61.7. The van der Waals surface area contributed by atoms with Gasteiger partial charge >= 0.3 is 12.1 Å². The fraction of sp³-hybridized carbons (Fsp3) is 0.707. The fourth-order valence-electron chi connectivity index (χ4n) is 12.9. The van der Waals surface area contributed by atoms with E-state index in [0.717, 1.165) is 22.3 Å². The molecule has 1 aliphatic rings. The molecule has 0 radical (unpaired) electrons. The second kappa shape index (κ2) is 46.3. The first-order chi connectivity index (χ1) is 46.9. The van der Waals surface area contributed by atoms with Gasteiger partial charge < -0.3 is 74.9 Å². The predicted octanol–water partition coefficient (Wildman–Crippen LogP) is 7.86. The molecule has 0 aromatic heterocycles. The van der Waals surface area contributed by atoms with E-state index >= 15 is 0 Å². The average molecular weight is 1390 g/mol. The maximum absolute atomic E-state index is 14.0. The Kier molecular flexibility index (Phi) is 40.2. The zero-order valence-corrected chi connectivity index (χ0v) is 61.7. The predicted molar refractivity (Wildman–Crippen MR) is 388 cm³/mol. The van der Waals surface area contributed by atoms with Gasteiger partial charge in [-0.3, -0.25) is 43.2 Å². The molecule has 0 saturated heterocycles. The molecule has 2 aromatic carbocycles. The molecule has 0 spiro atoms. The first-order valence-electron chi connectivity index (χ1n) is 36.7. The van der Waals surface area contributed by atoms with Crippen molar-refractivity contribution in [2.45, 2.75) is 278 Å². The van der Waals surface area contributed by atoms with Gasteiger partial charge in [0.05, 0.1) is 6.42 Å². The van der Waals surface area contributed by atoms with Crippen molar-refractivity contribution >= 4 is 59.3 Å². The van der Waals surface area contributed by atoms with Crippen molar-refractivity contribution < 1.29 is 57.8 Å². The Morgan fingerprint density at radius 1 is 0.364 bits per heavy atom. The number of benzene rings is 2. The van der Waals surface area contributed by atoms with Crippen LogP contribution in [-0.4, -0.2) is 145 Å². The van der Waals surface area contributed by atoms with Crippen LogP contribution < -0.4 is 65.1 Å². The Labute approximate surface area is 590 Å². The minimum atomic E-state index is -1.02. The molecule has 99 heavy (non-hydrogen) atoms. The standard InChI is InChI=1S/C75H126N12O12/c1-46(2)33-55(39-69(91)86-64(50(9)10)43-72(94)80-54(25-19-22-32-78)38-68(90)84-57(35-48(5)6)41-74(96)97)82-66(88)36-52(23-17-20-30-76)79-71(93)42-63(49(7)8)85-70(92)40-56(34-47(3)4)83-67(89)37-53(24-18-21-31-77)81-73(95)44-65(51(11)12)87-75(98)99-45-62-60-28-15-13-26-58(60)59-27-14-16-29-61(59)62/h13-16,26-29,46-57,62-65H,17-25,30-45,76-78H2,1-12H3,(H,79,93)(H,80,94)(H,81,95)(H,82,88)(H,83,89)(H,84,90)(H,85,92)(H,86,91)(H,87,98)(H,96,97)/t52-,53-,54-,55-,56-,57-,63+,64+,65+/m0/s1. The molecule has 9 atom stereocenters. The maximum atomic E-state index is 14.0. The number of unbranched alkanes of at least 4 members (excludes halogenated alkanes) is 3. The number of amides is 9. The highest BCUT2D eigenvalue weighted by Gasteiger charge is 2.33. The molecule has 9 amide bonds. The lowest BCUT2D eigenvalue weighted by Gasteiger charge is -2.27.